The molecule has 5 aromatic rings. The van der Waals surface area contributed by atoms with Crippen molar-refractivity contribution in [2.24, 2.45) is 0 Å². The fraction of sp³-hybridized carbons (Fsp3) is 0.296. The van der Waals surface area contributed by atoms with Crippen LogP contribution in [0.2, 0.25) is 0 Å². The van der Waals surface area contributed by atoms with Gasteiger partial charge in [-0.25, -0.2) is 9.50 Å². The molecule has 0 saturated heterocycles. The van der Waals surface area contributed by atoms with E-state index in [-0.39, 0.29) is 12.4 Å². The molecule has 0 aliphatic heterocycles. The number of furan rings is 1. The minimum atomic E-state index is -0.519. The van der Waals surface area contributed by atoms with E-state index in [0.29, 0.717) is 45.3 Å². The van der Waals surface area contributed by atoms with Gasteiger partial charge in [0.2, 0.25) is 4.96 Å². The Morgan fingerprint density at radius 1 is 1.08 bits per heavy atom. The lowest BCUT2D eigenvalue weighted by atomic mass is 10.1. The lowest BCUT2D eigenvalue weighted by Crippen LogP contribution is -2.24. The highest BCUT2D eigenvalue weighted by Crippen LogP contribution is 2.37. The molecule has 10 heteroatoms. The summed E-state index contributed by atoms with van der Waals surface area (Å²) < 4.78 is 30.0. The van der Waals surface area contributed by atoms with Crippen LogP contribution >= 0.6 is 11.3 Å². The zero-order valence-corrected chi connectivity index (χ0v) is 22.0. The molecule has 0 aliphatic rings. The molecule has 37 heavy (non-hydrogen) atoms. The summed E-state index contributed by atoms with van der Waals surface area (Å²) in [5.41, 5.74) is 2.54. The lowest BCUT2D eigenvalue weighted by molar-refractivity contribution is -0.153. The second-order valence-electron chi connectivity index (χ2n) is 9.45. The summed E-state index contributed by atoms with van der Waals surface area (Å²) in [4.78, 5) is 17.5. The number of carbonyl (C=O) groups excluding carboxylic acids is 1. The molecular formula is C27H27N3O6S. The minimum absolute atomic E-state index is 0.197. The van der Waals surface area contributed by atoms with Crippen LogP contribution in [0, 0.1) is 0 Å². The first-order valence-corrected chi connectivity index (χ1v) is 12.5. The number of carbonyl (C=O) groups is 1. The largest absolute Gasteiger partial charge is 0.496 e. The second-order valence-corrected chi connectivity index (χ2v) is 10.4. The Bertz CT molecular complexity index is 1540. The summed E-state index contributed by atoms with van der Waals surface area (Å²) in [6.45, 7) is 5.87. The van der Waals surface area contributed by atoms with Crippen LogP contribution in [0.1, 0.15) is 31.9 Å². The highest BCUT2D eigenvalue weighted by Gasteiger charge is 2.18. The summed E-state index contributed by atoms with van der Waals surface area (Å²) in [6.07, 6.45) is 1.99. The number of benzene rings is 2. The quantitative estimate of drug-likeness (QED) is 0.241. The molecule has 0 bridgehead atoms. The standard InChI is InChI=1S/C27H27N3O6S/c1-27(2,3)36-24(31)10-16-7-6-8-17(9-16)15-34-21-11-18(32-4)12-22-19(21)13-23(35-22)20-14-30-25(28-20)37-26(29-30)33-5/h6-9,11-14H,10,15H2,1-5H3. The van der Waals surface area contributed by atoms with E-state index in [1.165, 1.54) is 11.3 Å². The van der Waals surface area contributed by atoms with Crippen molar-refractivity contribution in [3.05, 3.63) is 59.8 Å². The Balaban J connectivity index is 1.37. The monoisotopic (exact) mass is 521 g/mol. The van der Waals surface area contributed by atoms with Gasteiger partial charge >= 0.3 is 5.97 Å². The van der Waals surface area contributed by atoms with Crippen LogP contribution in [-0.4, -0.2) is 40.4 Å². The van der Waals surface area contributed by atoms with Gasteiger partial charge in [0, 0.05) is 12.1 Å². The lowest BCUT2D eigenvalue weighted by Gasteiger charge is -2.19. The molecule has 0 atom stereocenters. The van der Waals surface area contributed by atoms with Crippen molar-refractivity contribution < 1.29 is 28.2 Å². The van der Waals surface area contributed by atoms with E-state index in [9.17, 15) is 4.79 Å². The normalized spacial score (nSPS) is 11.7. The SMILES string of the molecule is COc1cc(OCc2cccc(CC(=O)OC(C)(C)C)c2)c2cc(-c3cn4nc(OC)sc4n3)oc2c1. The summed E-state index contributed by atoms with van der Waals surface area (Å²) >= 11 is 1.34. The number of fused-ring (bicyclic) bond motifs is 2. The van der Waals surface area contributed by atoms with Crippen LogP contribution in [-0.2, 0) is 22.6 Å². The van der Waals surface area contributed by atoms with Gasteiger partial charge in [-0.2, -0.15) is 0 Å². The molecule has 2 aromatic carbocycles. The third-order valence-corrected chi connectivity index (χ3v) is 6.30. The fourth-order valence-corrected chi connectivity index (χ4v) is 4.56. The molecule has 5 rings (SSSR count). The Kier molecular flexibility index (Phi) is 6.51. The summed E-state index contributed by atoms with van der Waals surface area (Å²) in [5.74, 6) is 1.55. The van der Waals surface area contributed by atoms with Gasteiger partial charge in [0.05, 0.1) is 32.2 Å². The molecule has 0 unspecified atom stereocenters. The Hall–Kier alpha value is -4.05. The molecule has 192 valence electrons. The van der Waals surface area contributed by atoms with Crippen LogP contribution in [0.5, 0.6) is 16.7 Å². The van der Waals surface area contributed by atoms with Crippen molar-refractivity contribution in [2.45, 2.75) is 39.4 Å². The third-order valence-electron chi connectivity index (χ3n) is 5.41. The average Bonchev–Trinajstić information content (AvgIpc) is 3.54. The number of hydrogen-bond acceptors (Lipinski definition) is 9. The predicted molar refractivity (Wildman–Crippen MR) is 139 cm³/mol. The molecule has 0 fully saturated rings. The van der Waals surface area contributed by atoms with Crippen molar-refractivity contribution >= 4 is 33.2 Å². The number of ether oxygens (including phenoxy) is 4. The molecule has 3 heterocycles. The Morgan fingerprint density at radius 3 is 2.62 bits per heavy atom. The first kappa shape index (κ1) is 24.6. The molecule has 0 spiro atoms. The topological polar surface area (TPSA) is 97.3 Å². The van der Waals surface area contributed by atoms with Crippen molar-refractivity contribution in [3.8, 4) is 28.1 Å². The van der Waals surface area contributed by atoms with Crippen molar-refractivity contribution in [2.75, 3.05) is 14.2 Å². The summed E-state index contributed by atoms with van der Waals surface area (Å²) in [5, 5.41) is 5.65. The van der Waals surface area contributed by atoms with Crippen LogP contribution in [0.3, 0.4) is 0 Å². The number of esters is 1. The van der Waals surface area contributed by atoms with E-state index in [1.807, 2.05) is 63.2 Å². The molecule has 9 nitrogen and oxygen atoms in total. The summed E-state index contributed by atoms with van der Waals surface area (Å²) in [6, 6.07) is 13.2. The highest BCUT2D eigenvalue weighted by atomic mass is 32.1. The average molecular weight is 522 g/mol. The van der Waals surface area contributed by atoms with Gasteiger partial charge in [0.25, 0.3) is 5.19 Å². The number of hydrogen-bond donors (Lipinski definition) is 0. The van der Waals surface area contributed by atoms with Crippen LogP contribution in [0.15, 0.2) is 53.1 Å². The zero-order valence-electron chi connectivity index (χ0n) is 21.2. The smallest absolute Gasteiger partial charge is 0.310 e. The molecule has 3 aromatic heterocycles. The minimum Gasteiger partial charge on any atom is -0.496 e. The van der Waals surface area contributed by atoms with Crippen molar-refractivity contribution in [1.29, 1.82) is 0 Å². The van der Waals surface area contributed by atoms with E-state index in [2.05, 4.69) is 10.1 Å². The molecule has 0 N–H and O–H groups in total. The van der Waals surface area contributed by atoms with Gasteiger partial charge in [-0.05, 0) is 49.3 Å². The van der Waals surface area contributed by atoms with Gasteiger partial charge in [0.15, 0.2) is 5.76 Å². The first-order valence-electron chi connectivity index (χ1n) is 11.7. The predicted octanol–water partition coefficient (Wildman–Crippen LogP) is 5.68. The number of nitrogens with zero attached hydrogens (tertiary/aromatic N) is 3. The zero-order chi connectivity index (χ0) is 26.2. The Morgan fingerprint density at radius 2 is 1.89 bits per heavy atom. The van der Waals surface area contributed by atoms with Gasteiger partial charge in [0.1, 0.15) is 35.0 Å². The van der Waals surface area contributed by atoms with Gasteiger partial charge < -0.3 is 23.4 Å². The van der Waals surface area contributed by atoms with E-state index in [0.717, 1.165) is 16.5 Å². The molecule has 0 radical (unpaired) electrons. The number of rotatable bonds is 8. The van der Waals surface area contributed by atoms with Gasteiger partial charge in [-0.3, -0.25) is 4.79 Å². The third kappa shape index (κ3) is 5.54. The van der Waals surface area contributed by atoms with E-state index >= 15 is 0 Å². The maximum Gasteiger partial charge on any atom is 0.310 e. The molecule has 0 amide bonds. The van der Waals surface area contributed by atoms with Crippen LogP contribution < -0.4 is 14.2 Å². The van der Waals surface area contributed by atoms with Crippen molar-refractivity contribution in [3.63, 3.8) is 0 Å². The molecule has 0 saturated carbocycles. The highest BCUT2D eigenvalue weighted by molar-refractivity contribution is 7.18. The van der Waals surface area contributed by atoms with Gasteiger partial charge in [-0.1, -0.05) is 24.3 Å². The molecule has 0 aliphatic carbocycles. The Labute approximate surface area is 217 Å². The number of methoxy groups -OCH3 is 2. The molecular weight excluding hydrogens is 494 g/mol. The van der Waals surface area contributed by atoms with Crippen LogP contribution in [0.25, 0.3) is 27.4 Å². The second kappa shape index (κ2) is 9.78. The van der Waals surface area contributed by atoms with E-state index in [4.69, 9.17) is 23.4 Å². The van der Waals surface area contributed by atoms with E-state index in [1.54, 1.807) is 24.9 Å². The van der Waals surface area contributed by atoms with E-state index < -0.39 is 5.60 Å². The first-order chi connectivity index (χ1) is 17.7. The summed E-state index contributed by atoms with van der Waals surface area (Å²) in [7, 11) is 3.17. The van der Waals surface area contributed by atoms with Gasteiger partial charge in [-0.15, -0.1) is 5.10 Å². The number of aromatic nitrogens is 3. The fourth-order valence-electron chi connectivity index (χ4n) is 3.86. The number of imidazole rings is 1. The maximum absolute atomic E-state index is 12.2. The maximum atomic E-state index is 12.2. The van der Waals surface area contributed by atoms with Crippen LogP contribution in [0.4, 0.5) is 0 Å². The van der Waals surface area contributed by atoms with Crippen molar-refractivity contribution in [1.82, 2.24) is 14.6 Å².